The molecule has 0 aliphatic heterocycles. The second-order valence-electron chi connectivity index (χ2n) is 8.59. The summed E-state index contributed by atoms with van der Waals surface area (Å²) in [6.07, 6.45) is 1.43. The van der Waals surface area contributed by atoms with Crippen LogP contribution in [0.25, 0.3) is 21.9 Å². The fraction of sp³-hybridized carbons (Fsp3) is 0.208. The minimum Gasteiger partial charge on any atom is -0.267 e. The molecule has 0 bridgehead atoms. The Kier molecular flexibility index (Phi) is 5.77. The van der Waals surface area contributed by atoms with Gasteiger partial charge < -0.3 is 0 Å². The highest BCUT2D eigenvalue weighted by molar-refractivity contribution is 6.32. The molecular weight excluding hydrogens is 455 g/mol. The van der Waals surface area contributed by atoms with E-state index in [1.807, 2.05) is 20.8 Å². The van der Waals surface area contributed by atoms with Crippen molar-refractivity contribution in [1.29, 1.82) is 0 Å². The molecule has 0 atom stereocenters. The van der Waals surface area contributed by atoms with Crippen molar-refractivity contribution in [2.75, 3.05) is 0 Å². The molecule has 32 heavy (non-hydrogen) atoms. The summed E-state index contributed by atoms with van der Waals surface area (Å²) in [4.78, 5) is 16.8. The van der Waals surface area contributed by atoms with E-state index in [1.165, 1.54) is 18.3 Å². The third-order valence-corrected chi connectivity index (χ3v) is 5.63. The van der Waals surface area contributed by atoms with Gasteiger partial charge in [0.2, 0.25) is 0 Å². The van der Waals surface area contributed by atoms with Crippen molar-refractivity contribution in [3.05, 3.63) is 92.1 Å². The van der Waals surface area contributed by atoms with Crippen molar-refractivity contribution < 1.29 is 8.78 Å². The van der Waals surface area contributed by atoms with Crippen LogP contribution in [0.5, 0.6) is 0 Å². The predicted octanol–water partition coefficient (Wildman–Crippen LogP) is 6.39. The molecule has 0 aliphatic rings. The third-order valence-electron chi connectivity index (χ3n) is 5.24. The maximum absolute atomic E-state index is 14.8. The van der Waals surface area contributed by atoms with Gasteiger partial charge in [-0.05, 0) is 52.4 Å². The maximum Gasteiger partial charge on any atom is 0.277 e. The van der Waals surface area contributed by atoms with Gasteiger partial charge in [0.1, 0.15) is 21.9 Å². The van der Waals surface area contributed by atoms with E-state index in [1.54, 1.807) is 30.3 Å². The van der Waals surface area contributed by atoms with Crippen molar-refractivity contribution in [1.82, 2.24) is 14.8 Å². The Morgan fingerprint density at radius 2 is 1.62 bits per heavy atom. The minimum absolute atomic E-state index is 0.0638. The van der Waals surface area contributed by atoms with Crippen molar-refractivity contribution in [2.24, 2.45) is 0 Å². The number of halogens is 4. The normalized spacial score (nSPS) is 11.8. The fourth-order valence-corrected chi connectivity index (χ4v) is 3.92. The number of aromatic nitrogens is 3. The number of nitrogens with zero attached hydrogens (tertiary/aromatic N) is 3. The number of fused-ring (bicyclic) bond motifs is 1. The number of pyridine rings is 1. The molecule has 0 amide bonds. The average molecular weight is 474 g/mol. The van der Waals surface area contributed by atoms with E-state index in [4.69, 9.17) is 23.2 Å². The van der Waals surface area contributed by atoms with E-state index >= 15 is 0 Å². The molecule has 8 heteroatoms. The van der Waals surface area contributed by atoms with Gasteiger partial charge in [-0.2, -0.15) is 5.10 Å². The molecule has 164 valence electrons. The Morgan fingerprint density at radius 3 is 2.25 bits per heavy atom. The lowest BCUT2D eigenvalue weighted by molar-refractivity contribution is 0.567. The first-order valence-electron chi connectivity index (χ1n) is 9.84. The molecule has 4 aromatic rings. The lowest BCUT2D eigenvalue weighted by Crippen LogP contribution is -2.25. The fourth-order valence-electron chi connectivity index (χ4n) is 3.46. The van der Waals surface area contributed by atoms with Gasteiger partial charge in [-0.1, -0.05) is 56.1 Å². The summed E-state index contributed by atoms with van der Waals surface area (Å²) in [5.74, 6) is -1.15. The molecule has 0 N–H and O–H groups in total. The van der Waals surface area contributed by atoms with E-state index in [0.29, 0.717) is 16.5 Å². The van der Waals surface area contributed by atoms with Gasteiger partial charge in [-0.25, -0.2) is 18.4 Å². The minimum atomic E-state index is -0.615. The monoisotopic (exact) mass is 473 g/mol. The van der Waals surface area contributed by atoms with Gasteiger partial charge in [0, 0.05) is 10.9 Å². The largest absolute Gasteiger partial charge is 0.277 e. The topological polar surface area (TPSA) is 47.8 Å². The van der Waals surface area contributed by atoms with Crippen LogP contribution in [-0.4, -0.2) is 14.8 Å². The number of hydrogen-bond acceptors (Lipinski definition) is 3. The van der Waals surface area contributed by atoms with Crippen LogP contribution in [0.2, 0.25) is 10.3 Å². The van der Waals surface area contributed by atoms with Gasteiger partial charge in [-0.15, -0.1) is 0 Å². The molecular formula is C24H19Cl2F2N3O. The quantitative estimate of drug-likeness (QED) is 0.324. The summed E-state index contributed by atoms with van der Waals surface area (Å²) in [6.45, 7) is 5.74. The zero-order valence-electron chi connectivity index (χ0n) is 17.6. The van der Waals surface area contributed by atoms with E-state index < -0.39 is 17.2 Å². The first-order chi connectivity index (χ1) is 15.0. The predicted molar refractivity (Wildman–Crippen MR) is 123 cm³/mol. The van der Waals surface area contributed by atoms with Gasteiger partial charge in [0.05, 0.1) is 18.1 Å². The number of hydrogen-bond donors (Lipinski definition) is 0. The Morgan fingerprint density at radius 1 is 0.938 bits per heavy atom. The maximum atomic E-state index is 14.8. The molecule has 0 unspecified atom stereocenters. The van der Waals surface area contributed by atoms with Crippen LogP contribution < -0.4 is 5.56 Å². The third kappa shape index (κ3) is 4.38. The van der Waals surface area contributed by atoms with Crippen LogP contribution in [-0.2, 0) is 12.0 Å². The van der Waals surface area contributed by atoms with Gasteiger partial charge in [0.25, 0.3) is 5.56 Å². The molecule has 0 aliphatic carbocycles. The van der Waals surface area contributed by atoms with E-state index in [0.717, 1.165) is 10.2 Å². The molecule has 0 radical (unpaired) electrons. The second kappa shape index (κ2) is 8.26. The number of benzene rings is 2. The Labute approximate surface area is 193 Å². The van der Waals surface area contributed by atoms with Crippen LogP contribution in [0.3, 0.4) is 0 Å². The first-order valence-corrected chi connectivity index (χ1v) is 10.6. The van der Waals surface area contributed by atoms with Gasteiger partial charge in [-0.3, -0.25) is 4.79 Å². The number of rotatable bonds is 3. The highest BCUT2D eigenvalue weighted by atomic mass is 35.5. The van der Waals surface area contributed by atoms with Crippen LogP contribution in [0.4, 0.5) is 8.78 Å². The molecule has 2 aromatic carbocycles. The molecule has 2 aromatic heterocycles. The standard InChI is InChI=1S/C24H19Cl2F2N3O/c1-24(2,3)17-6-16-11-29-31(23(32)22(16)19(28)10-17)12-14-5-4-13(7-18(14)27)15-8-20(25)30-21(26)9-15/h4-11H,12H2,1-3H3. The molecule has 4 nitrogen and oxygen atoms in total. The van der Waals surface area contributed by atoms with Crippen LogP contribution in [0, 0.1) is 11.6 Å². The lowest BCUT2D eigenvalue weighted by Gasteiger charge is -2.19. The highest BCUT2D eigenvalue weighted by Gasteiger charge is 2.19. The lowest BCUT2D eigenvalue weighted by atomic mass is 9.86. The van der Waals surface area contributed by atoms with Crippen molar-refractivity contribution in [3.8, 4) is 11.1 Å². The van der Waals surface area contributed by atoms with E-state index in [-0.39, 0.29) is 33.2 Å². The van der Waals surface area contributed by atoms with Crippen molar-refractivity contribution in [2.45, 2.75) is 32.7 Å². The summed E-state index contributed by atoms with van der Waals surface area (Å²) >= 11 is 11.8. The molecule has 4 rings (SSSR count). The van der Waals surface area contributed by atoms with E-state index in [9.17, 15) is 13.6 Å². The SMILES string of the molecule is CC(C)(C)c1cc(F)c2c(=O)n(Cc3ccc(-c4cc(Cl)nc(Cl)c4)cc3F)ncc2c1. The molecule has 2 heterocycles. The summed E-state index contributed by atoms with van der Waals surface area (Å²) < 4.78 is 30.7. The second-order valence-corrected chi connectivity index (χ2v) is 9.36. The Balaban J connectivity index is 1.71. The summed E-state index contributed by atoms with van der Waals surface area (Å²) in [7, 11) is 0. The smallest absolute Gasteiger partial charge is 0.267 e. The van der Waals surface area contributed by atoms with Crippen molar-refractivity contribution >= 4 is 34.0 Å². The summed E-state index contributed by atoms with van der Waals surface area (Å²) in [5, 5.41) is 4.88. The van der Waals surface area contributed by atoms with Crippen LogP contribution >= 0.6 is 23.2 Å². The zero-order valence-corrected chi connectivity index (χ0v) is 19.1. The molecule has 0 fully saturated rings. The summed E-state index contributed by atoms with van der Waals surface area (Å²) in [5.41, 5.74) is 1.27. The van der Waals surface area contributed by atoms with E-state index in [2.05, 4.69) is 10.1 Å². The molecule has 0 saturated carbocycles. The van der Waals surface area contributed by atoms with Crippen molar-refractivity contribution in [3.63, 3.8) is 0 Å². The molecule has 0 spiro atoms. The average Bonchev–Trinajstić information content (AvgIpc) is 2.69. The Bertz CT molecular complexity index is 1390. The highest BCUT2D eigenvalue weighted by Crippen LogP contribution is 2.28. The molecule has 0 saturated heterocycles. The van der Waals surface area contributed by atoms with Gasteiger partial charge >= 0.3 is 0 Å². The van der Waals surface area contributed by atoms with Crippen LogP contribution in [0.15, 0.2) is 53.5 Å². The zero-order chi connectivity index (χ0) is 23.2. The summed E-state index contributed by atoms with van der Waals surface area (Å²) in [6, 6.07) is 10.8. The van der Waals surface area contributed by atoms with Crippen LogP contribution in [0.1, 0.15) is 31.9 Å². The van der Waals surface area contributed by atoms with Gasteiger partial charge in [0.15, 0.2) is 0 Å². The Hall–Kier alpha value is -2.83. The first kappa shape index (κ1) is 22.4.